The first-order valence-corrected chi connectivity index (χ1v) is 34.3. The van der Waals surface area contributed by atoms with E-state index in [1.54, 1.807) is 11.1 Å². The summed E-state index contributed by atoms with van der Waals surface area (Å²) >= 11 is 0. The number of hydrogen-bond acceptors (Lipinski definition) is 2. The van der Waals surface area contributed by atoms with Gasteiger partial charge in [-0.1, -0.05) is 279 Å². The summed E-state index contributed by atoms with van der Waals surface area (Å²) in [6, 6.07) is 114. The highest BCUT2D eigenvalue weighted by Crippen LogP contribution is 2.63. The van der Waals surface area contributed by atoms with Crippen LogP contribution in [-0.2, 0) is 17.3 Å². The summed E-state index contributed by atoms with van der Waals surface area (Å²) in [4.78, 5) is 4.99. The largest absolute Gasteiger partial charge is 0.310 e. The van der Waals surface area contributed by atoms with E-state index in [0.29, 0.717) is 11.8 Å². The Morgan fingerprint density at radius 2 is 0.938 bits per heavy atom. The maximum absolute atomic E-state index is 4.38. The van der Waals surface area contributed by atoms with Crippen molar-refractivity contribution in [2.75, 3.05) is 9.80 Å². The molecule has 0 heterocycles. The molecule has 0 amide bonds. The third kappa shape index (κ3) is 9.21. The third-order valence-corrected chi connectivity index (χ3v) is 22.1. The maximum Gasteiger partial charge on any atom is 0.0540 e. The van der Waals surface area contributed by atoms with Crippen molar-refractivity contribution in [2.24, 2.45) is 11.8 Å². The number of allylic oxidation sites excluding steroid dienone is 7. The van der Waals surface area contributed by atoms with E-state index < -0.39 is 5.41 Å². The molecular weight excluding hydrogens is 1160 g/mol. The standard InChI is InChI=1S/C94H72N2/c1-3-63-36-38-64(39-37-63)61-93(73-24-7-5-8-25-73)86-32-16-15-30-81(86)82-56-54-77(59-88(82)93)95(90-34-17-22-71-20-11-13-28-79(71)90)75-50-46-69(47-51-75)67-42-44-68(45-43-67)70-48-52-76(53-49-70)96(91-35-18-23-72-21-12-14-29-80(72)91)78-55-57-84-89(60-78)94(74-26-9-6-10-27-74)62-65-40-41-66(4-2)85(58-65)83-31-19-33-87(94)92(83)84/h3-18,20-32,34-39,42-60,66,85H,1-2,19,33,40-41,61-62H2/t66?,85-,93?,94?/m1/s1. The van der Waals surface area contributed by atoms with Gasteiger partial charge in [-0.05, 0) is 210 Å². The van der Waals surface area contributed by atoms with Crippen LogP contribution in [0, 0.1) is 11.8 Å². The van der Waals surface area contributed by atoms with E-state index in [1.807, 2.05) is 6.08 Å². The van der Waals surface area contributed by atoms with Crippen LogP contribution >= 0.6 is 0 Å². The Balaban J connectivity index is 0.695. The van der Waals surface area contributed by atoms with Crippen molar-refractivity contribution < 1.29 is 0 Å². The number of benzene rings is 13. The van der Waals surface area contributed by atoms with Gasteiger partial charge in [-0.15, -0.1) is 6.58 Å². The summed E-state index contributed by atoms with van der Waals surface area (Å²) in [6.07, 6.45) is 15.6. The first-order chi connectivity index (χ1) is 47.4. The Kier molecular flexibility index (Phi) is 13.9. The van der Waals surface area contributed by atoms with E-state index in [2.05, 4.69) is 345 Å². The molecule has 0 saturated heterocycles. The Labute approximate surface area is 564 Å². The zero-order valence-corrected chi connectivity index (χ0v) is 53.9. The summed E-state index contributed by atoms with van der Waals surface area (Å²) in [7, 11) is 0. The van der Waals surface area contributed by atoms with Gasteiger partial charge in [0.25, 0.3) is 0 Å². The predicted molar refractivity (Wildman–Crippen MR) is 404 cm³/mol. The van der Waals surface area contributed by atoms with Gasteiger partial charge in [0.15, 0.2) is 0 Å². The van der Waals surface area contributed by atoms with Crippen LogP contribution < -0.4 is 9.80 Å². The lowest BCUT2D eigenvalue weighted by molar-refractivity contribution is 0.442. The van der Waals surface area contributed by atoms with Crippen molar-refractivity contribution in [1.29, 1.82) is 0 Å². The molecule has 13 aromatic rings. The molecular formula is C94H72N2. The summed E-state index contributed by atoms with van der Waals surface area (Å²) in [6.45, 7) is 8.44. The van der Waals surface area contributed by atoms with Gasteiger partial charge in [0, 0.05) is 44.9 Å². The Bertz CT molecular complexity index is 5310. The molecule has 3 unspecified atom stereocenters. The molecule has 0 saturated carbocycles. The van der Waals surface area contributed by atoms with Crippen molar-refractivity contribution in [3.63, 3.8) is 0 Å². The topological polar surface area (TPSA) is 6.48 Å². The van der Waals surface area contributed by atoms with Crippen LogP contribution in [0.15, 0.2) is 351 Å². The van der Waals surface area contributed by atoms with Gasteiger partial charge in [0.1, 0.15) is 0 Å². The molecule has 96 heavy (non-hydrogen) atoms. The molecule has 5 aliphatic carbocycles. The molecule has 2 nitrogen and oxygen atoms in total. The molecule has 0 aliphatic heterocycles. The average molecular weight is 1230 g/mol. The lowest BCUT2D eigenvalue weighted by atomic mass is 9.61. The van der Waals surface area contributed by atoms with E-state index >= 15 is 0 Å². The first kappa shape index (κ1) is 57.4. The number of nitrogens with zero attached hydrogens (tertiary/aromatic N) is 2. The van der Waals surface area contributed by atoms with Crippen molar-refractivity contribution in [1.82, 2.24) is 0 Å². The van der Waals surface area contributed by atoms with Crippen LogP contribution in [0.25, 0.3) is 66.6 Å². The minimum atomic E-state index is -0.446. The van der Waals surface area contributed by atoms with Crippen molar-refractivity contribution in [2.45, 2.75) is 49.4 Å². The van der Waals surface area contributed by atoms with Crippen LogP contribution in [-0.4, -0.2) is 0 Å². The summed E-state index contributed by atoms with van der Waals surface area (Å²) in [5, 5.41) is 4.85. The van der Waals surface area contributed by atoms with Gasteiger partial charge in [-0.25, -0.2) is 0 Å². The molecule has 2 heteroatoms. The van der Waals surface area contributed by atoms with Crippen LogP contribution in [0.2, 0.25) is 0 Å². The van der Waals surface area contributed by atoms with Gasteiger partial charge < -0.3 is 9.80 Å². The summed E-state index contributed by atoms with van der Waals surface area (Å²) in [5.74, 6) is 0.816. The average Bonchev–Trinajstić information content (AvgIpc) is 1.54. The minimum absolute atomic E-state index is 0.256. The van der Waals surface area contributed by atoms with Gasteiger partial charge in [-0.2, -0.15) is 0 Å². The maximum atomic E-state index is 4.38. The van der Waals surface area contributed by atoms with E-state index in [-0.39, 0.29) is 5.41 Å². The van der Waals surface area contributed by atoms with Crippen LogP contribution in [0.1, 0.15) is 76.6 Å². The molecule has 18 rings (SSSR count). The highest BCUT2D eigenvalue weighted by molar-refractivity contribution is 6.02. The SMILES string of the molecule is C=Cc1ccc(CC2(c3ccccc3)c3ccccc3-c3ccc(N(c4ccc(-c5ccc(-c6ccc(N(c7ccc8c(c7)C7(c9ccccc9)CC9=C[C@@H](C%10=CCCC7=C%108)C(C=C)CC9)c7cccc8ccccc78)cc6)cc5)cc4)c4cccc5ccccc45)cc32)cc1. The van der Waals surface area contributed by atoms with E-state index in [0.717, 1.165) is 72.4 Å². The molecule has 458 valence electrons. The van der Waals surface area contributed by atoms with Crippen molar-refractivity contribution >= 4 is 67.3 Å². The van der Waals surface area contributed by atoms with Crippen molar-refractivity contribution in [3.05, 3.63) is 396 Å². The molecule has 0 spiro atoms. The van der Waals surface area contributed by atoms with Crippen LogP contribution in [0.4, 0.5) is 34.1 Å². The van der Waals surface area contributed by atoms with E-state index in [9.17, 15) is 0 Å². The molecule has 6 bridgehead atoms. The van der Waals surface area contributed by atoms with E-state index in [4.69, 9.17) is 0 Å². The van der Waals surface area contributed by atoms with Gasteiger partial charge in [0.2, 0.25) is 0 Å². The fourth-order valence-electron chi connectivity index (χ4n) is 17.7. The number of anilines is 6. The smallest absolute Gasteiger partial charge is 0.0540 e. The van der Waals surface area contributed by atoms with Crippen LogP contribution in [0.3, 0.4) is 0 Å². The summed E-state index contributed by atoms with van der Waals surface area (Å²) in [5.41, 5.74) is 30.1. The molecule has 5 aliphatic rings. The number of rotatable bonds is 14. The van der Waals surface area contributed by atoms with Gasteiger partial charge in [-0.3, -0.25) is 0 Å². The molecule has 0 aromatic heterocycles. The first-order valence-electron chi connectivity index (χ1n) is 34.3. The molecule has 0 radical (unpaired) electrons. The van der Waals surface area contributed by atoms with E-state index in [1.165, 1.54) is 111 Å². The molecule has 13 aromatic carbocycles. The number of fused-ring (bicyclic) bond motifs is 9. The second kappa shape index (κ2) is 23.3. The lowest BCUT2D eigenvalue weighted by Crippen LogP contribution is -2.32. The second-order valence-corrected chi connectivity index (χ2v) is 27.0. The zero-order valence-electron chi connectivity index (χ0n) is 53.9. The fourth-order valence-corrected chi connectivity index (χ4v) is 17.7. The van der Waals surface area contributed by atoms with Gasteiger partial charge >= 0.3 is 0 Å². The normalized spacial score (nSPS) is 18.7. The highest BCUT2D eigenvalue weighted by atomic mass is 15.1. The highest BCUT2D eigenvalue weighted by Gasteiger charge is 2.51. The fraction of sp³-hybridized carbons (Fsp3) is 0.106. The van der Waals surface area contributed by atoms with Gasteiger partial charge in [0.05, 0.1) is 16.8 Å². The predicted octanol–water partition coefficient (Wildman–Crippen LogP) is 24.8. The molecule has 0 N–H and O–H groups in total. The molecule has 4 atom stereocenters. The monoisotopic (exact) mass is 1230 g/mol. The Hall–Kier alpha value is -11.3. The Morgan fingerprint density at radius 3 is 1.54 bits per heavy atom. The molecule has 0 fully saturated rings. The van der Waals surface area contributed by atoms with Crippen molar-refractivity contribution in [3.8, 4) is 33.4 Å². The van der Waals surface area contributed by atoms with Crippen LogP contribution in [0.5, 0.6) is 0 Å². The zero-order chi connectivity index (χ0) is 63.9. The second-order valence-electron chi connectivity index (χ2n) is 27.0. The summed E-state index contributed by atoms with van der Waals surface area (Å²) < 4.78 is 0. The quantitative estimate of drug-likeness (QED) is 0.100. The minimum Gasteiger partial charge on any atom is -0.310 e. The lowest BCUT2D eigenvalue weighted by Gasteiger charge is -2.42. The third-order valence-electron chi connectivity index (χ3n) is 22.1. The number of hydrogen-bond donors (Lipinski definition) is 0. The Morgan fingerprint density at radius 1 is 0.427 bits per heavy atom.